The van der Waals surface area contributed by atoms with Crippen LogP contribution in [0.15, 0.2) is 182 Å². The standard InChI is InChI=1S/C47H30N4S/c1-4-13-31(14-5-1)32-23-25-34(26-24-32)41-30-40(33-15-6-2-7-16-33)48-46(49-41)37-19-12-22-44-45(37)38-29-35(27-28-43(38)52-44)47-50-39-20-10-11-21-42(39)51(47)36-17-8-3-9-18-36/h1-30H. The SMILES string of the molecule is c1ccc(-c2ccc(-c3cc(-c4ccccc4)nc(-c4cccc5sc6ccc(-c7nc8ccccc8n7-c7ccccc7)cc6c45)n3)cc2)cc1. The fourth-order valence-electron chi connectivity index (χ4n) is 7.15. The molecule has 0 saturated carbocycles. The number of thiophene rings is 1. The summed E-state index contributed by atoms with van der Waals surface area (Å²) in [6.07, 6.45) is 0. The van der Waals surface area contributed by atoms with Gasteiger partial charge >= 0.3 is 0 Å². The van der Waals surface area contributed by atoms with Crippen molar-refractivity contribution in [2.24, 2.45) is 0 Å². The third kappa shape index (κ3) is 5.27. The molecule has 0 spiro atoms. The van der Waals surface area contributed by atoms with Crippen LogP contribution in [-0.2, 0) is 0 Å². The van der Waals surface area contributed by atoms with Crippen molar-refractivity contribution in [3.8, 4) is 62.1 Å². The van der Waals surface area contributed by atoms with Gasteiger partial charge in [-0.15, -0.1) is 11.3 Å². The molecule has 0 aliphatic rings. The molecule has 4 nitrogen and oxygen atoms in total. The van der Waals surface area contributed by atoms with E-state index in [1.165, 1.54) is 25.9 Å². The van der Waals surface area contributed by atoms with E-state index in [9.17, 15) is 0 Å². The molecule has 0 aliphatic heterocycles. The summed E-state index contributed by atoms with van der Waals surface area (Å²) < 4.78 is 4.67. The summed E-state index contributed by atoms with van der Waals surface area (Å²) in [5.41, 5.74) is 11.4. The first kappa shape index (κ1) is 30.2. The zero-order valence-electron chi connectivity index (χ0n) is 28.0. The lowest BCUT2D eigenvalue weighted by atomic mass is 10.0. The Labute approximate surface area is 305 Å². The molecular weight excluding hydrogens is 653 g/mol. The molecule has 0 aliphatic carbocycles. The average molecular weight is 683 g/mol. The molecule has 0 bridgehead atoms. The number of nitrogens with zero attached hydrogens (tertiary/aromatic N) is 4. The van der Waals surface area contributed by atoms with Crippen molar-refractivity contribution >= 4 is 42.5 Å². The average Bonchev–Trinajstić information content (AvgIpc) is 3.80. The molecule has 0 saturated heterocycles. The van der Waals surface area contributed by atoms with Crippen LogP contribution in [0.4, 0.5) is 0 Å². The third-order valence-electron chi connectivity index (χ3n) is 9.65. The lowest BCUT2D eigenvalue weighted by Crippen LogP contribution is -1.97. The van der Waals surface area contributed by atoms with Crippen LogP contribution in [0.2, 0.25) is 0 Å². The zero-order chi connectivity index (χ0) is 34.4. The van der Waals surface area contributed by atoms with E-state index in [1.54, 1.807) is 11.3 Å². The summed E-state index contributed by atoms with van der Waals surface area (Å²) >= 11 is 1.80. The summed E-state index contributed by atoms with van der Waals surface area (Å²) in [6.45, 7) is 0. The van der Waals surface area contributed by atoms with Crippen LogP contribution in [0.5, 0.6) is 0 Å². The van der Waals surface area contributed by atoms with Gasteiger partial charge in [-0.2, -0.15) is 0 Å². The van der Waals surface area contributed by atoms with E-state index in [0.717, 1.165) is 61.6 Å². The van der Waals surface area contributed by atoms with Gasteiger partial charge in [-0.25, -0.2) is 15.0 Å². The van der Waals surface area contributed by atoms with Gasteiger partial charge in [0, 0.05) is 48.1 Å². The zero-order valence-corrected chi connectivity index (χ0v) is 28.8. The van der Waals surface area contributed by atoms with Crippen LogP contribution < -0.4 is 0 Å². The van der Waals surface area contributed by atoms with E-state index < -0.39 is 0 Å². The van der Waals surface area contributed by atoms with Crippen molar-refractivity contribution in [2.45, 2.75) is 0 Å². The van der Waals surface area contributed by atoms with Gasteiger partial charge in [-0.1, -0.05) is 127 Å². The molecule has 3 aromatic heterocycles. The Balaban J connectivity index is 1.16. The van der Waals surface area contributed by atoms with E-state index in [2.05, 4.69) is 162 Å². The van der Waals surface area contributed by atoms with E-state index >= 15 is 0 Å². The number of imidazole rings is 1. The minimum atomic E-state index is 0.704. The summed E-state index contributed by atoms with van der Waals surface area (Å²) in [5.74, 6) is 1.62. The maximum Gasteiger partial charge on any atom is 0.161 e. The normalized spacial score (nSPS) is 11.5. The van der Waals surface area contributed by atoms with Gasteiger partial charge < -0.3 is 0 Å². The van der Waals surface area contributed by atoms with Crippen molar-refractivity contribution in [3.63, 3.8) is 0 Å². The fraction of sp³-hybridized carbons (Fsp3) is 0. The molecule has 5 heteroatoms. The molecule has 0 atom stereocenters. The number of para-hydroxylation sites is 3. The van der Waals surface area contributed by atoms with Crippen LogP contribution in [0.3, 0.4) is 0 Å². The third-order valence-corrected chi connectivity index (χ3v) is 10.8. The van der Waals surface area contributed by atoms with Gasteiger partial charge in [-0.05, 0) is 65.7 Å². The Hall–Kier alpha value is -6.69. The number of hydrogen-bond donors (Lipinski definition) is 0. The van der Waals surface area contributed by atoms with Gasteiger partial charge in [0.2, 0.25) is 0 Å². The van der Waals surface area contributed by atoms with Crippen molar-refractivity contribution < 1.29 is 0 Å². The minimum absolute atomic E-state index is 0.704. The predicted molar refractivity (Wildman–Crippen MR) is 217 cm³/mol. The van der Waals surface area contributed by atoms with Crippen LogP contribution in [0, 0.1) is 0 Å². The number of aromatic nitrogens is 4. The molecule has 52 heavy (non-hydrogen) atoms. The Morgan fingerprint density at radius 2 is 1.02 bits per heavy atom. The summed E-state index contributed by atoms with van der Waals surface area (Å²) in [6, 6.07) is 63.6. The van der Waals surface area contributed by atoms with Gasteiger partial charge in [-0.3, -0.25) is 4.57 Å². The largest absolute Gasteiger partial charge is 0.292 e. The van der Waals surface area contributed by atoms with Crippen molar-refractivity contribution in [3.05, 3.63) is 182 Å². The number of rotatable bonds is 6. The van der Waals surface area contributed by atoms with Gasteiger partial charge in [0.15, 0.2) is 5.82 Å². The highest BCUT2D eigenvalue weighted by Crippen LogP contribution is 2.42. The number of benzene rings is 7. The van der Waals surface area contributed by atoms with E-state index in [0.29, 0.717) is 5.82 Å². The van der Waals surface area contributed by atoms with E-state index in [-0.39, 0.29) is 0 Å². The van der Waals surface area contributed by atoms with Gasteiger partial charge in [0.05, 0.1) is 22.4 Å². The first-order chi connectivity index (χ1) is 25.8. The highest BCUT2D eigenvalue weighted by atomic mass is 32.1. The second kappa shape index (κ2) is 12.6. The second-order valence-corrected chi connectivity index (χ2v) is 13.9. The van der Waals surface area contributed by atoms with E-state index in [4.69, 9.17) is 15.0 Å². The molecule has 7 aromatic carbocycles. The summed E-state index contributed by atoms with van der Waals surface area (Å²) in [4.78, 5) is 15.7. The van der Waals surface area contributed by atoms with Gasteiger partial charge in [0.25, 0.3) is 0 Å². The molecule has 0 N–H and O–H groups in total. The molecule has 3 heterocycles. The Kier molecular flexibility index (Phi) is 7.29. The lowest BCUT2D eigenvalue weighted by molar-refractivity contribution is 1.10. The predicted octanol–water partition coefficient (Wildman–Crippen LogP) is 12.5. The Bertz CT molecular complexity index is 2880. The molecule has 10 rings (SSSR count). The fourth-order valence-corrected chi connectivity index (χ4v) is 8.26. The Morgan fingerprint density at radius 3 is 1.77 bits per heavy atom. The van der Waals surface area contributed by atoms with Crippen LogP contribution >= 0.6 is 11.3 Å². The maximum atomic E-state index is 5.28. The van der Waals surface area contributed by atoms with Crippen molar-refractivity contribution in [1.29, 1.82) is 0 Å². The first-order valence-corrected chi connectivity index (χ1v) is 18.2. The number of fused-ring (bicyclic) bond motifs is 4. The quantitative estimate of drug-likeness (QED) is 0.175. The van der Waals surface area contributed by atoms with Crippen LogP contribution in [-0.4, -0.2) is 19.5 Å². The van der Waals surface area contributed by atoms with Crippen LogP contribution in [0.25, 0.3) is 93.3 Å². The van der Waals surface area contributed by atoms with Crippen molar-refractivity contribution in [2.75, 3.05) is 0 Å². The lowest BCUT2D eigenvalue weighted by Gasteiger charge is -2.11. The minimum Gasteiger partial charge on any atom is -0.292 e. The van der Waals surface area contributed by atoms with E-state index in [1.807, 2.05) is 24.3 Å². The van der Waals surface area contributed by atoms with Crippen molar-refractivity contribution in [1.82, 2.24) is 19.5 Å². The number of hydrogen-bond acceptors (Lipinski definition) is 4. The molecule has 0 fully saturated rings. The molecule has 0 radical (unpaired) electrons. The molecule has 244 valence electrons. The highest BCUT2D eigenvalue weighted by molar-refractivity contribution is 7.26. The second-order valence-electron chi connectivity index (χ2n) is 12.9. The van der Waals surface area contributed by atoms with Crippen LogP contribution in [0.1, 0.15) is 0 Å². The summed E-state index contributed by atoms with van der Waals surface area (Å²) in [5, 5.41) is 2.32. The molecule has 0 unspecified atom stereocenters. The molecule has 0 amide bonds. The maximum absolute atomic E-state index is 5.28. The molecule has 10 aromatic rings. The highest BCUT2D eigenvalue weighted by Gasteiger charge is 2.19. The first-order valence-electron chi connectivity index (χ1n) is 17.4. The molecular formula is C47H30N4S. The monoisotopic (exact) mass is 682 g/mol. The topological polar surface area (TPSA) is 43.6 Å². The van der Waals surface area contributed by atoms with Gasteiger partial charge in [0.1, 0.15) is 5.82 Å². The summed E-state index contributed by atoms with van der Waals surface area (Å²) in [7, 11) is 0. The smallest absolute Gasteiger partial charge is 0.161 e. The Morgan fingerprint density at radius 1 is 0.423 bits per heavy atom.